The quantitative estimate of drug-likeness (QED) is 0.532. The van der Waals surface area contributed by atoms with E-state index in [0.29, 0.717) is 0 Å². The van der Waals surface area contributed by atoms with Crippen LogP contribution in [0.15, 0.2) is 0 Å². The molecule has 0 aromatic rings. The van der Waals surface area contributed by atoms with Gasteiger partial charge in [0.25, 0.3) is 0 Å². The van der Waals surface area contributed by atoms with Gasteiger partial charge in [-0.25, -0.2) is 4.39 Å². The molecule has 3 nitrogen and oxygen atoms in total. The Morgan fingerprint density at radius 1 is 1.22 bits per heavy atom. The molecule has 0 aliphatic carbocycles. The highest BCUT2D eigenvalue weighted by molar-refractivity contribution is 5.65. The first-order chi connectivity index (χ1) is 7.79. The zero-order valence-corrected chi connectivity index (χ0v) is 9.73. The Kier molecular flexibility index (Phi) is 5.04. The molecule has 0 bridgehead atoms. The number of hydrogen-bond donors (Lipinski definition) is 0. The van der Waals surface area contributed by atoms with E-state index in [0.717, 1.165) is 0 Å². The van der Waals surface area contributed by atoms with Crippen molar-refractivity contribution in [2.24, 2.45) is 0 Å². The van der Waals surface area contributed by atoms with Crippen LogP contribution in [0.4, 0.5) is 26.3 Å². The zero-order chi connectivity index (χ0) is 14.8. The number of alkyl halides is 6. The molecular formula is C9H13F6NO2. The van der Waals surface area contributed by atoms with Gasteiger partial charge in [-0.05, 0) is 0 Å². The summed E-state index contributed by atoms with van der Waals surface area (Å²) in [5.41, 5.74) is 0. The van der Waals surface area contributed by atoms with Crippen molar-refractivity contribution in [3.63, 3.8) is 0 Å². The number of halogens is 6. The highest BCUT2D eigenvalue weighted by Gasteiger charge is 2.63. The van der Waals surface area contributed by atoms with E-state index in [-0.39, 0.29) is 0 Å². The molecule has 0 heterocycles. The van der Waals surface area contributed by atoms with E-state index < -0.39 is 48.2 Å². The molecule has 0 aliphatic rings. The molecule has 0 amide bonds. The SMILES string of the molecule is C[N+](C)(CCC(F)C(F)(F)C(F)(F)F)CC(=O)[O-]. The van der Waals surface area contributed by atoms with E-state index in [4.69, 9.17) is 0 Å². The first-order valence-corrected chi connectivity index (χ1v) is 4.90. The number of carboxylic acids is 1. The third-order valence-electron chi connectivity index (χ3n) is 2.32. The summed E-state index contributed by atoms with van der Waals surface area (Å²) in [5.74, 6) is -6.94. The van der Waals surface area contributed by atoms with Crippen LogP contribution in [0.25, 0.3) is 0 Å². The van der Waals surface area contributed by atoms with Gasteiger partial charge in [0.2, 0.25) is 0 Å². The Hall–Kier alpha value is -0.990. The molecular weight excluding hydrogens is 268 g/mol. The lowest BCUT2D eigenvalue weighted by atomic mass is 10.1. The minimum absolute atomic E-state index is 0.448. The molecule has 1 atom stereocenters. The number of nitrogens with zero attached hydrogens (tertiary/aromatic N) is 1. The van der Waals surface area contributed by atoms with Gasteiger partial charge in [-0.2, -0.15) is 22.0 Å². The summed E-state index contributed by atoms with van der Waals surface area (Å²) in [6.45, 7) is -1.09. The molecule has 0 aromatic heterocycles. The maximum Gasteiger partial charge on any atom is 0.456 e. The van der Waals surface area contributed by atoms with Gasteiger partial charge in [-0.1, -0.05) is 0 Å². The number of quaternary nitrogens is 1. The molecule has 0 fully saturated rings. The molecule has 0 saturated carbocycles. The third kappa shape index (κ3) is 4.71. The summed E-state index contributed by atoms with van der Waals surface area (Å²) in [5, 5.41) is 10.3. The van der Waals surface area contributed by atoms with Crippen LogP contribution in [-0.4, -0.2) is 55.9 Å². The molecule has 18 heavy (non-hydrogen) atoms. The van der Waals surface area contributed by atoms with Crippen molar-refractivity contribution >= 4 is 5.97 Å². The number of likely N-dealkylation sites (N-methyl/N-ethyl adjacent to an activating group) is 1. The second kappa shape index (κ2) is 5.33. The van der Waals surface area contributed by atoms with Crippen LogP contribution >= 0.6 is 0 Å². The normalized spacial score (nSPS) is 15.6. The minimum atomic E-state index is -5.96. The molecule has 0 rings (SSSR count). The Morgan fingerprint density at radius 3 is 2.00 bits per heavy atom. The molecule has 0 N–H and O–H groups in total. The highest BCUT2D eigenvalue weighted by atomic mass is 19.4. The van der Waals surface area contributed by atoms with Crippen LogP contribution in [0, 0.1) is 0 Å². The van der Waals surface area contributed by atoms with Crippen molar-refractivity contribution < 1.29 is 40.7 Å². The fraction of sp³-hybridized carbons (Fsp3) is 0.889. The van der Waals surface area contributed by atoms with Gasteiger partial charge >= 0.3 is 12.1 Å². The Balaban J connectivity index is 4.51. The average molecular weight is 281 g/mol. The van der Waals surface area contributed by atoms with Gasteiger partial charge in [0.05, 0.1) is 26.6 Å². The maximum atomic E-state index is 12.9. The summed E-state index contributed by atoms with van der Waals surface area (Å²) >= 11 is 0. The Bertz CT molecular complexity index is 302. The molecule has 0 spiro atoms. The lowest BCUT2D eigenvalue weighted by Crippen LogP contribution is -2.51. The predicted octanol–water partition coefficient (Wildman–Crippen LogP) is 0.738. The van der Waals surface area contributed by atoms with E-state index in [9.17, 15) is 36.2 Å². The van der Waals surface area contributed by atoms with Gasteiger partial charge in [0, 0.05) is 6.42 Å². The summed E-state index contributed by atoms with van der Waals surface area (Å²) in [6.07, 6.45) is -10.5. The first-order valence-electron chi connectivity index (χ1n) is 4.90. The maximum absolute atomic E-state index is 12.9. The summed E-state index contributed by atoms with van der Waals surface area (Å²) in [7, 11) is 2.52. The molecule has 0 saturated heterocycles. The predicted molar refractivity (Wildman–Crippen MR) is 47.4 cm³/mol. The topological polar surface area (TPSA) is 40.1 Å². The van der Waals surface area contributed by atoms with Crippen molar-refractivity contribution in [3.05, 3.63) is 0 Å². The average Bonchev–Trinajstić information content (AvgIpc) is 2.10. The van der Waals surface area contributed by atoms with Gasteiger partial charge in [0.15, 0.2) is 6.17 Å². The van der Waals surface area contributed by atoms with E-state index >= 15 is 0 Å². The lowest BCUT2D eigenvalue weighted by Gasteiger charge is -2.31. The Morgan fingerprint density at radius 2 is 1.67 bits per heavy atom. The molecule has 0 radical (unpaired) electrons. The molecule has 9 heteroatoms. The number of hydrogen-bond acceptors (Lipinski definition) is 2. The van der Waals surface area contributed by atoms with Gasteiger partial charge in [0.1, 0.15) is 6.54 Å². The largest absolute Gasteiger partial charge is 0.544 e. The number of aliphatic carboxylic acids is 1. The summed E-state index contributed by atoms with van der Waals surface area (Å²) in [6, 6.07) is 0. The van der Waals surface area contributed by atoms with Crippen molar-refractivity contribution in [3.8, 4) is 0 Å². The fourth-order valence-corrected chi connectivity index (χ4v) is 1.25. The van der Waals surface area contributed by atoms with Crippen LogP contribution in [0.1, 0.15) is 6.42 Å². The van der Waals surface area contributed by atoms with E-state index in [1.54, 1.807) is 0 Å². The molecule has 0 aromatic carbocycles. The van der Waals surface area contributed by atoms with E-state index in [2.05, 4.69) is 0 Å². The second-order valence-corrected chi connectivity index (χ2v) is 4.57. The Labute approximate surface area is 99.6 Å². The van der Waals surface area contributed by atoms with Gasteiger partial charge in [-0.15, -0.1) is 0 Å². The molecule has 0 aliphatic heterocycles. The fourth-order valence-electron chi connectivity index (χ4n) is 1.25. The van der Waals surface area contributed by atoms with Crippen molar-refractivity contribution in [1.82, 2.24) is 0 Å². The smallest absolute Gasteiger partial charge is 0.456 e. The standard InChI is InChI=1S/C9H13F6NO2/c1-16(2,5-7(17)18)4-3-6(10)8(11,12)9(13,14)15/h6H,3-5H2,1-2H3. The first kappa shape index (κ1) is 17.0. The zero-order valence-electron chi connectivity index (χ0n) is 9.73. The number of carbonyl (C=O) groups is 1. The van der Waals surface area contributed by atoms with Crippen molar-refractivity contribution in [2.75, 3.05) is 27.2 Å². The van der Waals surface area contributed by atoms with Gasteiger partial charge in [-0.3, -0.25) is 0 Å². The minimum Gasteiger partial charge on any atom is -0.544 e. The van der Waals surface area contributed by atoms with Crippen molar-refractivity contribution in [2.45, 2.75) is 24.7 Å². The van der Waals surface area contributed by atoms with Gasteiger partial charge < -0.3 is 14.4 Å². The van der Waals surface area contributed by atoms with Crippen LogP contribution in [0.3, 0.4) is 0 Å². The third-order valence-corrected chi connectivity index (χ3v) is 2.32. The molecule has 1 unspecified atom stereocenters. The molecule has 108 valence electrons. The van der Waals surface area contributed by atoms with Crippen molar-refractivity contribution in [1.29, 1.82) is 0 Å². The lowest BCUT2D eigenvalue weighted by molar-refractivity contribution is -0.885. The van der Waals surface area contributed by atoms with Crippen LogP contribution in [0.2, 0.25) is 0 Å². The number of rotatable bonds is 6. The summed E-state index contributed by atoms with van der Waals surface area (Å²) in [4.78, 5) is 10.3. The van der Waals surface area contributed by atoms with E-state index in [1.807, 2.05) is 0 Å². The number of carboxylic acid groups (broad SMARTS) is 1. The van der Waals surface area contributed by atoms with E-state index in [1.165, 1.54) is 14.1 Å². The van der Waals surface area contributed by atoms with Crippen LogP contribution in [-0.2, 0) is 4.79 Å². The van der Waals surface area contributed by atoms with Crippen LogP contribution < -0.4 is 5.11 Å². The monoisotopic (exact) mass is 281 g/mol. The second-order valence-electron chi connectivity index (χ2n) is 4.57. The summed E-state index contributed by atoms with van der Waals surface area (Å²) < 4.78 is 73.0. The van der Waals surface area contributed by atoms with Crippen LogP contribution in [0.5, 0.6) is 0 Å². The highest BCUT2D eigenvalue weighted by Crippen LogP contribution is 2.40. The number of carbonyl (C=O) groups excluding carboxylic acids is 1.